The van der Waals surface area contributed by atoms with Crippen LogP contribution >= 0.6 is 0 Å². The summed E-state index contributed by atoms with van der Waals surface area (Å²) in [5.74, 6) is -0.509. The van der Waals surface area contributed by atoms with Crippen LogP contribution in [0.4, 0.5) is 15.8 Å². The second kappa shape index (κ2) is 7.33. The van der Waals surface area contributed by atoms with Gasteiger partial charge in [0.15, 0.2) is 0 Å². The van der Waals surface area contributed by atoms with Crippen molar-refractivity contribution in [3.63, 3.8) is 0 Å². The molecular weight excluding hydrogens is 277 g/mol. The first kappa shape index (κ1) is 15.7. The number of nitro benzene ring substituents is 1. The molecule has 1 aromatic carbocycles. The van der Waals surface area contributed by atoms with Crippen molar-refractivity contribution in [2.45, 2.75) is 37.8 Å². The van der Waals surface area contributed by atoms with Crippen molar-refractivity contribution in [3.05, 3.63) is 34.1 Å². The summed E-state index contributed by atoms with van der Waals surface area (Å²) in [4.78, 5) is 10.3. The van der Waals surface area contributed by atoms with Crippen LogP contribution in [-0.4, -0.2) is 30.2 Å². The van der Waals surface area contributed by atoms with Crippen molar-refractivity contribution in [2.24, 2.45) is 5.73 Å². The van der Waals surface area contributed by atoms with Gasteiger partial charge in [-0.2, -0.15) is 0 Å². The van der Waals surface area contributed by atoms with E-state index in [-0.39, 0.29) is 23.5 Å². The summed E-state index contributed by atoms with van der Waals surface area (Å²) in [5.41, 5.74) is 5.86. The fourth-order valence-corrected chi connectivity index (χ4v) is 2.48. The Morgan fingerprint density at radius 2 is 2.10 bits per heavy atom. The fraction of sp³-hybridized carbons (Fsp3) is 0.571. The Balaban J connectivity index is 1.78. The average Bonchev–Trinajstić information content (AvgIpc) is 2.45. The fourth-order valence-electron chi connectivity index (χ4n) is 2.48. The van der Waals surface area contributed by atoms with Crippen molar-refractivity contribution in [2.75, 3.05) is 18.5 Å². The zero-order valence-corrected chi connectivity index (χ0v) is 11.8. The van der Waals surface area contributed by atoms with Crippen LogP contribution in [0.2, 0.25) is 0 Å². The number of nitro groups is 1. The maximum absolute atomic E-state index is 13.1. The maximum Gasteiger partial charge on any atom is 0.292 e. The van der Waals surface area contributed by atoms with Crippen LogP contribution in [0.5, 0.6) is 0 Å². The van der Waals surface area contributed by atoms with Gasteiger partial charge in [0.2, 0.25) is 0 Å². The molecule has 0 aromatic heterocycles. The van der Waals surface area contributed by atoms with E-state index in [1.165, 1.54) is 0 Å². The molecule has 1 fully saturated rings. The van der Waals surface area contributed by atoms with Crippen LogP contribution in [-0.2, 0) is 4.74 Å². The smallest absolute Gasteiger partial charge is 0.292 e. The minimum absolute atomic E-state index is 0.139. The average molecular weight is 297 g/mol. The lowest BCUT2D eigenvalue weighted by molar-refractivity contribution is -0.384. The number of benzene rings is 1. The van der Waals surface area contributed by atoms with E-state index >= 15 is 0 Å². The molecule has 116 valence electrons. The third kappa shape index (κ3) is 4.64. The number of nitrogens with one attached hydrogen (secondary N) is 1. The number of rotatable bonds is 6. The second-order valence-electron chi connectivity index (χ2n) is 5.25. The number of ether oxygens (including phenoxy) is 1. The van der Waals surface area contributed by atoms with Gasteiger partial charge in [-0.1, -0.05) is 0 Å². The zero-order chi connectivity index (χ0) is 15.2. The normalized spacial score (nSPS) is 22.0. The number of anilines is 1. The van der Waals surface area contributed by atoms with E-state index in [4.69, 9.17) is 10.5 Å². The summed E-state index contributed by atoms with van der Waals surface area (Å²) in [6.45, 7) is 0.820. The van der Waals surface area contributed by atoms with Gasteiger partial charge in [-0.25, -0.2) is 4.39 Å². The summed E-state index contributed by atoms with van der Waals surface area (Å²) in [7, 11) is 0. The Bertz CT molecular complexity index is 490. The molecule has 0 unspecified atom stereocenters. The third-order valence-electron chi connectivity index (χ3n) is 3.65. The van der Waals surface area contributed by atoms with Crippen LogP contribution in [0.1, 0.15) is 25.7 Å². The molecule has 2 rings (SSSR count). The topological polar surface area (TPSA) is 90.4 Å². The number of hydrogen-bond donors (Lipinski definition) is 2. The Morgan fingerprint density at radius 3 is 2.76 bits per heavy atom. The molecule has 0 amide bonds. The van der Waals surface area contributed by atoms with Gasteiger partial charge < -0.3 is 15.8 Å². The lowest BCUT2D eigenvalue weighted by Crippen LogP contribution is -2.31. The molecule has 21 heavy (non-hydrogen) atoms. The van der Waals surface area contributed by atoms with Crippen LogP contribution in [0.3, 0.4) is 0 Å². The van der Waals surface area contributed by atoms with Gasteiger partial charge in [-0.15, -0.1) is 0 Å². The summed E-state index contributed by atoms with van der Waals surface area (Å²) in [5, 5.41) is 13.7. The van der Waals surface area contributed by atoms with E-state index in [2.05, 4.69) is 5.32 Å². The number of halogens is 1. The molecule has 1 aliphatic carbocycles. The minimum atomic E-state index is -0.537. The van der Waals surface area contributed by atoms with Crippen molar-refractivity contribution in [3.8, 4) is 0 Å². The largest absolute Gasteiger partial charge is 0.377 e. The number of hydrogen-bond acceptors (Lipinski definition) is 5. The molecule has 0 aliphatic heterocycles. The summed E-state index contributed by atoms with van der Waals surface area (Å²) in [6, 6.07) is 3.63. The van der Waals surface area contributed by atoms with E-state index in [9.17, 15) is 14.5 Å². The molecule has 6 nitrogen and oxygen atoms in total. The van der Waals surface area contributed by atoms with Gasteiger partial charge in [0.05, 0.1) is 17.6 Å². The molecule has 1 aliphatic rings. The first-order valence-electron chi connectivity index (χ1n) is 7.11. The van der Waals surface area contributed by atoms with Gasteiger partial charge in [-0.3, -0.25) is 10.1 Å². The molecule has 0 atom stereocenters. The highest BCUT2D eigenvalue weighted by molar-refractivity contribution is 5.61. The molecule has 3 N–H and O–H groups in total. The molecule has 0 radical (unpaired) electrons. The quantitative estimate of drug-likeness (QED) is 0.478. The van der Waals surface area contributed by atoms with E-state index in [0.717, 1.165) is 43.9 Å². The van der Waals surface area contributed by atoms with E-state index in [1.807, 2.05) is 0 Å². The molecule has 0 bridgehead atoms. The third-order valence-corrected chi connectivity index (χ3v) is 3.65. The van der Waals surface area contributed by atoms with Crippen LogP contribution in [0.15, 0.2) is 18.2 Å². The van der Waals surface area contributed by atoms with Gasteiger partial charge in [0.25, 0.3) is 5.69 Å². The molecular formula is C14H20FN3O3. The number of nitrogens with two attached hydrogens (primary N) is 1. The zero-order valence-electron chi connectivity index (χ0n) is 11.8. The number of nitrogens with zero attached hydrogens (tertiary/aromatic N) is 1. The second-order valence-corrected chi connectivity index (χ2v) is 5.25. The lowest BCUT2D eigenvalue weighted by atomic mass is 9.94. The van der Waals surface area contributed by atoms with Crippen molar-refractivity contribution in [1.82, 2.24) is 0 Å². The first-order valence-corrected chi connectivity index (χ1v) is 7.11. The maximum atomic E-state index is 13.1. The van der Waals surface area contributed by atoms with E-state index < -0.39 is 10.7 Å². The van der Waals surface area contributed by atoms with Gasteiger partial charge >= 0.3 is 0 Å². The highest BCUT2D eigenvalue weighted by Gasteiger charge is 2.19. The van der Waals surface area contributed by atoms with Crippen LogP contribution in [0.25, 0.3) is 0 Å². The summed E-state index contributed by atoms with van der Waals surface area (Å²) >= 11 is 0. The Labute approximate surface area is 122 Å². The SMILES string of the molecule is NC1CCC(OCCNc2cc(F)ccc2[N+](=O)[O-])CC1. The Hall–Kier alpha value is -1.73. The van der Waals surface area contributed by atoms with Crippen LogP contribution < -0.4 is 11.1 Å². The van der Waals surface area contributed by atoms with Crippen LogP contribution in [0, 0.1) is 15.9 Å². The highest BCUT2D eigenvalue weighted by Crippen LogP contribution is 2.25. The van der Waals surface area contributed by atoms with E-state index in [0.29, 0.717) is 13.2 Å². The highest BCUT2D eigenvalue weighted by atomic mass is 19.1. The monoisotopic (exact) mass is 297 g/mol. The standard InChI is InChI=1S/C14H20FN3O3/c15-10-1-6-14(18(19)20)13(9-10)17-7-8-21-12-4-2-11(16)3-5-12/h1,6,9,11-12,17H,2-5,7-8,16H2. The molecule has 1 saturated carbocycles. The molecule has 0 spiro atoms. The molecule has 0 saturated heterocycles. The van der Waals surface area contributed by atoms with E-state index in [1.54, 1.807) is 0 Å². The lowest BCUT2D eigenvalue weighted by Gasteiger charge is -2.26. The van der Waals surface area contributed by atoms with Gasteiger partial charge in [0, 0.05) is 24.7 Å². The van der Waals surface area contributed by atoms with Crippen molar-refractivity contribution in [1.29, 1.82) is 0 Å². The predicted octanol–water partition coefficient (Wildman–Crippen LogP) is 2.43. The molecule has 0 heterocycles. The predicted molar refractivity (Wildman–Crippen MR) is 77.7 cm³/mol. The van der Waals surface area contributed by atoms with Gasteiger partial charge in [0.1, 0.15) is 11.5 Å². The minimum Gasteiger partial charge on any atom is -0.377 e. The summed E-state index contributed by atoms with van der Waals surface area (Å²) in [6.07, 6.45) is 4.03. The first-order chi connectivity index (χ1) is 10.1. The van der Waals surface area contributed by atoms with Crippen molar-refractivity contribution < 1.29 is 14.1 Å². The Morgan fingerprint density at radius 1 is 1.38 bits per heavy atom. The summed E-state index contributed by atoms with van der Waals surface area (Å²) < 4.78 is 18.8. The molecule has 7 heteroatoms. The molecule has 1 aromatic rings. The van der Waals surface area contributed by atoms with Crippen molar-refractivity contribution >= 4 is 11.4 Å². The Kier molecular flexibility index (Phi) is 5.46. The van der Waals surface area contributed by atoms with Gasteiger partial charge in [-0.05, 0) is 31.7 Å².